The molecular weight excluding hydrogens is 238 g/mol. The van der Waals surface area contributed by atoms with Crippen LogP contribution in [0.1, 0.15) is 39.0 Å². The van der Waals surface area contributed by atoms with Crippen LogP contribution in [0.4, 0.5) is 0 Å². The molecular formula is C16H25NO2. The highest BCUT2D eigenvalue weighted by Crippen LogP contribution is 2.58. The van der Waals surface area contributed by atoms with Gasteiger partial charge in [0.1, 0.15) is 6.61 Å². The number of hydrogen-bond donors (Lipinski definition) is 1. The van der Waals surface area contributed by atoms with E-state index in [4.69, 9.17) is 4.74 Å². The Kier molecular flexibility index (Phi) is 3.66. The van der Waals surface area contributed by atoms with Crippen molar-refractivity contribution in [2.24, 2.45) is 23.7 Å². The van der Waals surface area contributed by atoms with Crippen LogP contribution in [-0.2, 0) is 9.53 Å². The Morgan fingerprint density at radius 1 is 1.26 bits per heavy atom. The molecule has 0 aliphatic heterocycles. The molecule has 19 heavy (non-hydrogen) atoms. The highest BCUT2D eigenvalue weighted by molar-refractivity contribution is 5.86. The van der Waals surface area contributed by atoms with Gasteiger partial charge in [-0.1, -0.05) is 13.0 Å². The van der Waals surface area contributed by atoms with Gasteiger partial charge in [-0.3, -0.25) is 0 Å². The molecule has 3 aliphatic carbocycles. The lowest BCUT2D eigenvalue weighted by atomic mass is 9.79. The van der Waals surface area contributed by atoms with Gasteiger partial charge in [0.2, 0.25) is 0 Å². The normalized spacial score (nSPS) is 39.3. The van der Waals surface area contributed by atoms with E-state index in [1.54, 1.807) is 6.92 Å². The maximum absolute atomic E-state index is 11.3. The van der Waals surface area contributed by atoms with Crippen LogP contribution in [0, 0.1) is 23.7 Å². The van der Waals surface area contributed by atoms with Crippen molar-refractivity contribution in [2.75, 3.05) is 13.2 Å². The van der Waals surface area contributed by atoms with E-state index in [1.165, 1.54) is 32.1 Å². The maximum Gasteiger partial charge on any atom is 0.333 e. The minimum atomic E-state index is -0.273. The van der Waals surface area contributed by atoms with E-state index in [-0.39, 0.29) is 5.97 Å². The first-order valence-corrected chi connectivity index (χ1v) is 7.73. The van der Waals surface area contributed by atoms with Crippen LogP contribution in [0.15, 0.2) is 12.2 Å². The average molecular weight is 263 g/mol. The molecule has 3 saturated carbocycles. The van der Waals surface area contributed by atoms with Crippen LogP contribution >= 0.6 is 0 Å². The van der Waals surface area contributed by atoms with Crippen LogP contribution < -0.4 is 5.32 Å². The highest BCUT2D eigenvalue weighted by atomic mass is 16.5. The summed E-state index contributed by atoms with van der Waals surface area (Å²) in [5.74, 6) is 3.64. The first kappa shape index (κ1) is 13.2. The molecule has 0 aromatic carbocycles. The molecule has 5 unspecified atom stereocenters. The van der Waals surface area contributed by atoms with Crippen molar-refractivity contribution >= 4 is 5.97 Å². The first-order chi connectivity index (χ1) is 9.16. The Morgan fingerprint density at radius 3 is 2.84 bits per heavy atom. The Bertz CT molecular complexity index is 379. The van der Waals surface area contributed by atoms with Crippen LogP contribution in [0.3, 0.4) is 0 Å². The van der Waals surface area contributed by atoms with Gasteiger partial charge in [0.05, 0.1) is 0 Å². The standard InChI is InChI=1S/C16H25NO2/c1-10(2)16(18)19-7-6-17-15-9-11-8-14(15)13-5-3-4-12(11)13/h11-15,17H,1,3-9H2,2H3. The largest absolute Gasteiger partial charge is 0.461 e. The fourth-order valence-corrected chi connectivity index (χ4v) is 4.81. The van der Waals surface area contributed by atoms with Gasteiger partial charge in [-0.25, -0.2) is 4.79 Å². The van der Waals surface area contributed by atoms with E-state index in [9.17, 15) is 4.79 Å². The van der Waals surface area contributed by atoms with Crippen molar-refractivity contribution < 1.29 is 9.53 Å². The summed E-state index contributed by atoms with van der Waals surface area (Å²) in [4.78, 5) is 11.3. The number of esters is 1. The second kappa shape index (κ2) is 5.28. The van der Waals surface area contributed by atoms with E-state index in [1.807, 2.05) is 0 Å². The zero-order valence-corrected chi connectivity index (χ0v) is 11.9. The number of fused-ring (bicyclic) bond motifs is 5. The molecule has 2 bridgehead atoms. The molecule has 0 spiro atoms. The van der Waals surface area contributed by atoms with E-state index in [2.05, 4.69) is 11.9 Å². The Balaban J connectivity index is 1.41. The van der Waals surface area contributed by atoms with Crippen molar-refractivity contribution in [3.8, 4) is 0 Å². The zero-order chi connectivity index (χ0) is 13.4. The lowest BCUT2D eigenvalue weighted by Gasteiger charge is -2.32. The fourth-order valence-electron chi connectivity index (χ4n) is 4.81. The quantitative estimate of drug-likeness (QED) is 0.470. The van der Waals surface area contributed by atoms with Gasteiger partial charge in [-0.15, -0.1) is 0 Å². The van der Waals surface area contributed by atoms with E-state index in [0.29, 0.717) is 18.2 Å². The molecule has 0 radical (unpaired) electrons. The van der Waals surface area contributed by atoms with Crippen molar-refractivity contribution in [1.82, 2.24) is 5.32 Å². The molecule has 0 aromatic heterocycles. The maximum atomic E-state index is 11.3. The number of nitrogens with one attached hydrogen (secondary N) is 1. The summed E-state index contributed by atoms with van der Waals surface area (Å²) in [6.07, 6.45) is 7.17. The molecule has 3 fully saturated rings. The molecule has 5 atom stereocenters. The molecule has 1 N–H and O–H groups in total. The second-order valence-corrected chi connectivity index (χ2v) is 6.63. The minimum Gasteiger partial charge on any atom is -0.461 e. The molecule has 3 rings (SSSR count). The van der Waals surface area contributed by atoms with Crippen molar-refractivity contribution in [1.29, 1.82) is 0 Å². The summed E-state index contributed by atoms with van der Waals surface area (Å²) < 4.78 is 5.13. The van der Waals surface area contributed by atoms with Gasteiger partial charge in [-0.05, 0) is 56.3 Å². The SMILES string of the molecule is C=C(C)C(=O)OCCNC1CC2CC1C1CCCC21. The minimum absolute atomic E-state index is 0.273. The number of carbonyl (C=O) groups excluding carboxylic acids is 1. The summed E-state index contributed by atoms with van der Waals surface area (Å²) in [5, 5.41) is 3.61. The topological polar surface area (TPSA) is 38.3 Å². The summed E-state index contributed by atoms with van der Waals surface area (Å²) >= 11 is 0. The van der Waals surface area contributed by atoms with Gasteiger partial charge < -0.3 is 10.1 Å². The molecule has 0 heterocycles. The van der Waals surface area contributed by atoms with Gasteiger partial charge in [0, 0.05) is 18.2 Å². The predicted molar refractivity (Wildman–Crippen MR) is 74.6 cm³/mol. The molecule has 0 saturated heterocycles. The van der Waals surface area contributed by atoms with E-state index < -0.39 is 0 Å². The summed E-state index contributed by atoms with van der Waals surface area (Å²) in [7, 11) is 0. The molecule has 3 aliphatic rings. The Morgan fingerprint density at radius 2 is 2.05 bits per heavy atom. The van der Waals surface area contributed by atoms with Gasteiger partial charge in [0.15, 0.2) is 0 Å². The van der Waals surface area contributed by atoms with Crippen LogP contribution in [0.5, 0.6) is 0 Å². The second-order valence-electron chi connectivity index (χ2n) is 6.63. The van der Waals surface area contributed by atoms with Gasteiger partial charge >= 0.3 is 5.97 Å². The van der Waals surface area contributed by atoms with Crippen LogP contribution in [0.2, 0.25) is 0 Å². The third-order valence-electron chi connectivity index (χ3n) is 5.52. The molecule has 0 amide bonds. The molecule has 3 heteroatoms. The molecule has 0 aromatic rings. The van der Waals surface area contributed by atoms with Crippen molar-refractivity contribution in [3.63, 3.8) is 0 Å². The summed E-state index contributed by atoms with van der Waals surface area (Å²) in [6.45, 7) is 6.52. The predicted octanol–water partition coefficient (Wildman–Crippen LogP) is 2.52. The van der Waals surface area contributed by atoms with Crippen molar-refractivity contribution in [3.05, 3.63) is 12.2 Å². The first-order valence-electron chi connectivity index (χ1n) is 7.73. The smallest absolute Gasteiger partial charge is 0.333 e. The number of ether oxygens (including phenoxy) is 1. The van der Waals surface area contributed by atoms with Gasteiger partial charge in [0.25, 0.3) is 0 Å². The highest BCUT2D eigenvalue weighted by Gasteiger charge is 2.53. The lowest BCUT2D eigenvalue weighted by Crippen LogP contribution is -2.40. The monoisotopic (exact) mass is 263 g/mol. The van der Waals surface area contributed by atoms with Crippen LogP contribution in [-0.4, -0.2) is 25.2 Å². The molecule has 106 valence electrons. The summed E-state index contributed by atoms with van der Waals surface area (Å²) in [6, 6.07) is 0.674. The van der Waals surface area contributed by atoms with Gasteiger partial charge in [-0.2, -0.15) is 0 Å². The third kappa shape index (κ3) is 2.45. The Labute approximate surface area is 115 Å². The number of rotatable bonds is 5. The Hall–Kier alpha value is -0.830. The molecule has 3 nitrogen and oxygen atoms in total. The third-order valence-corrected chi connectivity index (χ3v) is 5.52. The average Bonchev–Trinajstić information content (AvgIpc) is 3.05. The van der Waals surface area contributed by atoms with Crippen LogP contribution in [0.25, 0.3) is 0 Å². The van der Waals surface area contributed by atoms with Crippen molar-refractivity contribution in [2.45, 2.75) is 45.1 Å². The zero-order valence-electron chi connectivity index (χ0n) is 11.9. The number of hydrogen-bond acceptors (Lipinski definition) is 3. The fraction of sp³-hybridized carbons (Fsp3) is 0.812. The summed E-state index contributed by atoms with van der Waals surface area (Å²) in [5.41, 5.74) is 0.480. The lowest BCUT2D eigenvalue weighted by molar-refractivity contribution is -0.138. The van der Waals surface area contributed by atoms with E-state index >= 15 is 0 Å². The number of carbonyl (C=O) groups is 1. The van der Waals surface area contributed by atoms with E-state index in [0.717, 1.165) is 30.2 Å².